The van der Waals surface area contributed by atoms with Gasteiger partial charge >= 0.3 is 0 Å². The molecule has 3 heterocycles. The molecular weight excluding hydrogens is 350 g/mol. The van der Waals surface area contributed by atoms with Gasteiger partial charge in [-0.15, -0.1) is 0 Å². The Balaban J connectivity index is 1.70. The van der Waals surface area contributed by atoms with Crippen LogP contribution in [0.15, 0.2) is 11.5 Å². The van der Waals surface area contributed by atoms with Crippen LogP contribution in [0.4, 0.5) is 0 Å². The Hall–Kier alpha value is -2.29. The van der Waals surface area contributed by atoms with Crippen molar-refractivity contribution in [2.24, 2.45) is 11.3 Å². The van der Waals surface area contributed by atoms with Gasteiger partial charge < -0.3 is 20.6 Å². The zero-order chi connectivity index (χ0) is 19.5. The maximum absolute atomic E-state index is 13.0. The van der Waals surface area contributed by atoms with Crippen molar-refractivity contribution in [1.82, 2.24) is 26.0 Å². The number of hydrogen-bond acceptors (Lipinski definition) is 6. The van der Waals surface area contributed by atoms with Gasteiger partial charge in [0.05, 0.1) is 0 Å². The third-order valence-electron chi connectivity index (χ3n) is 5.41. The lowest BCUT2D eigenvalue weighted by Crippen LogP contribution is -2.59. The number of hydrazine groups is 1. The summed E-state index contributed by atoms with van der Waals surface area (Å²) < 4.78 is 0. The van der Waals surface area contributed by atoms with Crippen molar-refractivity contribution < 1.29 is 19.5 Å². The number of amides is 3. The van der Waals surface area contributed by atoms with Crippen molar-refractivity contribution in [1.29, 1.82) is 0 Å². The Morgan fingerprint density at radius 2 is 1.96 bits per heavy atom. The molecule has 4 aliphatic rings. The number of nitrogens with zero attached hydrogens (tertiary/aromatic N) is 2. The molecule has 3 amide bonds. The van der Waals surface area contributed by atoms with Gasteiger partial charge in [0, 0.05) is 24.9 Å². The standard InChI is InChI=1S/C18H27N5O4/c1-18(2,3)8-22-15-10-6-7-11(24)20-13(10)21-23(15)17(27)12(16(22)26)14(25)19-9-4-5-9/h9-10,13,15,21,26H,4-8H2,1-3H3,(H,19,25)(H,20,24). The number of carbonyl (C=O) groups is 3. The quantitative estimate of drug-likeness (QED) is 0.512. The van der Waals surface area contributed by atoms with E-state index >= 15 is 0 Å². The van der Waals surface area contributed by atoms with Crippen LogP contribution >= 0.6 is 0 Å². The van der Waals surface area contributed by atoms with Gasteiger partial charge in [-0.05, 0) is 24.7 Å². The first-order valence-electron chi connectivity index (χ1n) is 9.55. The Morgan fingerprint density at radius 1 is 1.26 bits per heavy atom. The molecule has 1 aliphatic carbocycles. The predicted molar refractivity (Wildman–Crippen MR) is 95.4 cm³/mol. The van der Waals surface area contributed by atoms with Gasteiger partial charge in [-0.1, -0.05) is 20.8 Å². The number of carbonyl (C=O) groups excluding carboxylic acids is 3. The van der Waals surface area contributed by atoms with E-state index in [0.717, 1.165) is 12.8 Å². The molecular formula is C18H27N5O4. The molecule has 0 radical (unpaired) electrons. The second-order valence-electron chi connectivity index (χ2n) is 9.10. The zero-order valence-electron chi connectivity index (χ0n) is 15.9. The Kier molecular flexibility index (Phi) is 4.10. The van der Waals surface area contributed by atoms with E-state index < -0.39 is 18.0 Å². The summed E-state index contributed by atoms with van der Waals surface area (Å²) in [5.41, 5.74) is 2.64. The molecule has 0 aromatic heterocycles. The Morgan fingerprint density at radius 3 is 2.59 bits per heavy atom. The van der Waals surface area contributed by atoms with Crippen LogP contribution in [0, 0.1) is 11.3 Å². The SMILES string of the molecule is CC(C)(C)CN1C(O)=C(C(=O)NC2CC2)C(=O)N2NC3NC(=O)CCC3C12. The average molecular weight is 377 g/mol. The molecule has 0 spiro atoms. The molecule has 1 saturated carbocycles. The van der Waals surface area contributed by atoms with Crippen LogP contribution in [0.5, 0.6) is 0 Å². The number of piperidine rings is 1. The van der Waals surface area contributed by atoms with E-state index in [0.29, 0.717) is 19.4 Å². The maximum atomic E-state index is 13.0. The summed E-state index contributed by atoms with van der Waals surface area (Å²) in [5, 5.41) is 18.0. The van der Waals surface area contributed by atoms with E-state index in [1.54, 1.807) is 4.90 Å². The number of hydrogen-bond donors (Lipinski definition) is 4. The number of rotatable bonds is 3. The number of aliphatic hydroxyl groups excluding tert-OH is 1. The third kappa shape index (κ3) is 3.24. The van der Waals surface area contributed by atoms with Crippen molar-refractivity contribution in [3.8, 4) is 0 Å². The number of aliphatic hydroxyl groups is 1. The molecule has 27 heavy (non-hydrogen) atoms. The highest BCUT2D eigenvalue weighted by molar-refractivity contribution is 6.19. The second kappa shape index (κ2) is 6.12. The van der Waals surface area contributed by atoms with Crippen molar-refractivity contribution in [2.45, 2.75) is 64.8 Å². The highest BCUT2D eigenvalue weighted by Gasteiger charge is 2.55. The highest BCUT2D eigenvalue weighted by Crippen LogP contribution is 2.38. The summed E-state index contributed by atoms with van der Waals surface area (Å²) in [6.45, 7) is 6.57. The predicted octanol–water partition coefficient (Wildman–Crippen LogP) is -0.0785. The van der Waals surface area contributed by atoms with Crippen molar-refractivity contribution in [2.75, 3.05) is 6.54 Å². The molecule has 0 aromatic rings. The highest BCUT2D eigenvalue weighted by atomic mass is 16.3. The van der Waals surface area contributed by atoms with Crippen LogP contribution < -0.4 is 16.1 Å². The Bertz CT molecular complexity index is 724. The van der Waals surface area contributed by atoms with Crippen molar-refractivity contribution >= 4 is 17.7 Å². The second-order valence-corrected chi connectivity index (χ2v) is 9.10. The van der Waals surface area contributed by atoms with Crippen LogP contribution in [0.3, 0.4) is 0 Å². The molecule has 4 rings (SSSR count). The first kappa shape index (κ1) is 18.1. The molecule has 0 bridgehead atoms. The lowest BCUT2D eigenvalue weighted by atomic mass is 9.89. The largest absolute Gasteiger partial charge is 0.494 e. The van der Waals surface area contributed by atoms with Crippen molar-refractivity contribution in [3.05, 3.63) is 11.5 Å². The maximum Gasteiger partial charge on any atom is 0.281 e. The van der Waals surface area contributed by atoms with Crippen LogP contribution in [-0.4, -0.2) is 57.7 Å². The van der Waals surface area contributed by atoms with Crippen molar-refractivity contribution in [3.63, 3.8) is 0 Å². The summed E-state index contributed by atoms with van der Waals surface area (Å²) in [4.78, 5) is 39.2. The number of fused-ring (bicyclic) bond motifs is 3. The average Bonchev–Trinajstić information content (AvgIpc) is 3.28. The van der Waals surface area contributed by atoms with Gasteiger partial charge in [0.2, 0.25) is 11.8 Å². The minimum atomic E-state index is -0.551. The van der Waals surface area contributed by atoms with Gasteiger partial charge in [0.25, 0.3) is 11.8 Å². The fourth-order valence-electron chi connectivity index (χ4n) is 4.08. The van der Waals surface area contributed by atoms with Crippen LogP contribution in [0.1, 0.15) is 46.5 Å². The van der Waals surface area contributed by atoms with Crippen LogP contribution in [0.2, 0.25) is 0 Å². The number of nitrogens with one attached hydrogen (secondary N) is 3. The monoisotopic (exact) mass is 377 g/mol. The molecule has 0 aromatic carbocycles. The third-order valence-corrected chi connectivity index (χ3v) is 5.41. The van der Waals surface area contributed by atoms with Gasteiger partial charge in [0.1, 0.15) is 12.3 Å². The van der Waals surface area contributed by atoms with E-state index in [4.69, 9.17) is 0 Å². The summed E-state index contributed by atoms with van der Waals surface area (Å²) in [7, 11) is 0. The van der Waals surface area contributed by atoms with E-state index in [9.17, 15) is 19.5 Å². The molecule has 9 nitrogen and oxygen atoms in total. The smallest absolute Gasteiger partial charge is 0.281 e. The topological polar surface area (TPSA) is 114 Å². The Labute approximate surface area is 158 Å². The molecule has 148 valence electrons. The first-order chi connectivity index (χ1) is 12.7. The van der Waals surface area contributed by atoms with E-state index in [1.165, 1.54) is 5.01 Å². The lowest BCUT2D eigenvalue weighted by molar-refractivity contribution is -0.143. The minimum Gasteiger partial charge on any atom is -0.494 e. The van der Waals surface area contributed by atoms with Crippen LogP contribution in [-0.2, 0) is 14.4 Å². The molecule has 3 unspecified atom stereocenters. The fourth-order valence-corrected chi connectivity index (χ4v) is 4.08. The van der Waals surface area contributed by atoms with Gasteiger partial charge in [0.15, 0.2) is 5.57 Å². The summed E-state index contributed by atoms with van der Waals surface area (Å²) in [6, 6.07) is 0.0767. The summed E-state index contributed by atoms with van der Waals surface area (Å²) in [6.07, 6.45) is 1.93. The summed E-state index contributed by atoms with van der Waals surface area (Å²) in [5.74, 6) is -1.50. The molecule has 2 saturated heterocycles. The summed E-state index contributed by atoms with van der Waals surface area (Å²) >= 11 is 0. The van der Waals surface area contributed by atoms with Gasteiger partial charge in [-0.2, -0.15) is 0 Å². The molecule has 4 N–H and O–H groups in total. The van der Waals surface area contributed by atoms with Gasteiger partial charge in [-0.3, -0.25) is 14.4 Å². The molecule has 9 heteroatoms. The minimum absolute atomic E-state index is 0.0656. The first-order valence-corrected chi connectivity index (χ1v) is 9.55. The fraction of sp³-hybridized carbons (Fsp3) is 0.722. The zero-order valence-corrected chi connectivity index (χ0v) is 15.9. The van der Waals surface area contributed by atoms with Crippen LogP contribution in [0.25, 0.3) is 0 Å². The molecule has 3 aliphatic heterocycles. The lowest BCUT2D eigenvalue weighted by Gasteiger charge is -2.44. The molecule has 3 fully saturated rings. The molecule has 3 atom stereocenters. The van der Waals surface area contributed by atoms with Gasteiger partial charge in [-0.25, -0.2) is 10.4 Å². The van der Waals surface area contributed by atoms with E-state index in [-0.39, 0.29) is 40.9 Å². The van der Waals surface area contributed by atoms with E-state index in [1.807, 2.05) is 20.8 Å². The normalized spacial score (nSPS) is 30.9. The van der Waals surface area contributed by atoms with E-state index in [2.05, 4.69) is 16.1 Å².